The summed E-state index contributed by atoms with van der Waals surface area (Å²) in [5, 5.41) is 0. The molecule has 1 heterocycles. The van der Waals surface area contributed by atoms with Gasteiger partial charge in [0.05, 0.1) is 12.1 Å². The fourth-order valence-corrected chi connectivity index (χ4v) is 3.23. The zero-order valence-electron chi connectivity index (χ0n) is 12.3. The minimum Gasteiger partial charge on any atom is -0.382 e. The minimum atomic E-state index is -0.0184. The highest BCUT2D eigenvalue weighted by molar-refractivity contribution is 5.31. The van der Waals surface area contributed by atoms with Crippen LogP contribution in [0.25, 0.3) is 0 Å². The Labute approximate surface area is 110 Å². The highest BCUT2D eigenvalue weighted by Gasteiger charge is 2.35. The van der Waals surface area contributed by atoms with Crippen molar-refractivity contribution in [2.24, 2.45) is 11.1 Å². The van der Waals surface area contributed by atoms with Crippen LogP contribution < -0.4 is 5.73 Å². The molecule has 1 aromatic heterocycles. The first-order valence-corrected chi connectivity index (χ1v) is 6.72. The maximum Gasteiger partial charge on any atom is 0.0692 e. The molecule has 1 aliphatic rings. The monoisotopic (exact) mass is 250 g/mol. The van der Waals surface area contributed by atoms with Gasteiger partial charge in [-0.05, 0) is 43.7 Å². The number of hydrogen-bond acceptors (Lipinski definition) is 2. The van der Waals surface area contributed by atoms with E-state index in [1.54, 1.807) is 7.11 Å². The van der Waals surface area contributed by atoms with Gasteiger partial charge in [0.25, 0.3) is 0 Å². The number of methoxy groups -OCH3 is 1. The molecule has 0 saturated heterocycles. The smallest absolute Gasteiger partial charge is 0.0692 e. The van der Waals surface area contributed by atoms with Gasteiger partial charge in [-0.2, -0.15) is 0 Å². The van der Waals surface area contributed by atoms with Gasteiger partial charge in [-0.15, -0.1) is 0 Å². The van der Waals surface area contributed by atoms with Crippen molar-refractivity contribution in [3.8, 4) is 0 Å². The summed E-state index contributed by atoms with van der Waals surface area (Å²) < 4.78 is 7.70. The van der Waals surface area contributed by atoms with E-state index >= 15 is 0 Å². The molecule has 0 aromatic carbocycles. The van der Waals surface area contributed by atoms with Gasteiger partial charge in [-0.1, -0.05) is 13.8 Å². The maximum atomic E-state index is 6.31. The first kappa shape index (κ1) is 13.6. The van der Waals surface area contributed by atoms with Gasteiger partial charge < -0.3 is 15.0 Å². The summed E-state index contributed by atoms with van der Waals surface area (Å²) in [4.78, 5) is 0. The lowest BCUT2D eigenvalue weighted by Crippen LogP contribution is -2.36. The van der Waals surface area contributed by atoms with E-state index in [4.69, 9.17) is 10.5 Å². The molecular weight excluding hydrogens is 224 g/mol. The highest BCUT2D eigenvalue weighted by Crippen LogP contribution is 2.41. The van der Waals surface area contributed by atoms with Crippen molar-refractivity contribution in [2.75, 3.05) is 13.7 Å². The third-order valence-electron chi connectivity index (χ3n) is 3.99. The molecule has 0 saturated carbocycles. The zero-order valence-corrected chi connectivity index (χ0v) is 12.3. The predicted octanol–water partition coefficient (Wildman–Crippen LogP) is 2.84. The molecule has 0 amide bonds. The first-order valence-electron chi connectivity index (χ1n) is 6.72. The van der Waals surface area contributed by atoms with Crippen molar-refractivity contribution >= 4 is 0 Å². The molecule has 0 radical (unpaired) electrons. The molecule has 0 fully saturated rings. The molecule has 1 aromatic rings. The van der Waals surface area contributed by atoms with E-state index in [0.29, 0.717) is 6.61 Å². The molecular formula is C15H26N2O. The van der Waals surface area contributed by atoms with Crippen LogP contribution in [-0.4, -0.2) is 18.3 Å². The van der Waals surface area contributed by atoms with Crippen molar-refractivity contribution in [3.05, 3.63) is 23.5 Å². The third-order valence-corrected chi connectivity index (χ3v) is 3.99. The molecule has 0 bridgehead atoms. The Hall–Kier alpha value is -0.800. The second-order valence-electron chi connectivity index (χ2n) is 6.98. The van der Waals surface area contributed by atoms with Crippen molar-refractivity contribution in [1.82, 2.24) is 4.57 Å². The average Bonchev–Trinajstić information content (AvgIpc) is 2.59. The number of rotatable bonds is 3. The van der Waals surface area contributed by atoms with Crippen LogP contribution in [0.2, 0.25) is 0 Å². The number of fused-ring (bicyclic) bond motifs is 1. The third kappa shape index (κ3) is 2.34. The van der Waals surface area contributed by atoms with Crippen molar-refractivity contribution in [1.29, 1.82) is 0 Å². The van der Waals surface area contributed by atoms with Gasteiger partial charge in [0, 0.05) is 25.0 Å². The molecule has 3 heteroatoms. The number of aromatic nitrogens is 1. The van der Waals surface area contributed by atoms with Crippen molar-refractivity contribution in [2.45, 2.75) is 52.1 Å². The average molecular weight is 250 g/mol. The van der Waals surface area contributed by atoms with Crippen molar-refractivity contribution < 1.29 is 4.74 Å². The quantitative estimate of drug-likeness (QED) is 0.896. The normalized spacial score (nSPS) is 22.9. The largest absolute Gasteiger partial charge is 0.382 e. The summed E-state index contributed by atoms with van der Waals surface area (Å²) in [6.07, 6.45) is 4.33. The molecule has 102 valence electrons. The van der Waals surface area contributed by atoms with Gasteiger partial charge in [0.2, 0.25) is 0 Å². The van der Waals surface area contributed by atoms with Gasteiger partial charge in [-0.3, -0.25) is 0 Å². The minimum absolute atomic E-state index is 0.0184. The van der Waals surface area contributed by atoms with E-state index in [-0.39, 0.29) is 17.0 Å². The van der Waals surface area contributed by atoms with Gasteiger partial charge in [-0.25, -0.2) is 0 Å². The second-order valence-corrected chi connectivity index (χ2v) is 6.98. The molecule has 1 atom stereocenters. The van der Waals surface area contributed by atoms with Crippen LogP contribution in [0.1, 0.15) is 51.4 Å². The van der Waals surface area contributed by atoms with E-state index < -0.39 is 0 Å². The summed E-state index contributed by atoms with van der Waals surface area (Å²) in [5.74, 6) is 0. The lowest BCUT2D eigenvalue weighted by molar-refractivity contribution is 0.105. The summed E-state index contributed by atoms with van der Waals surface area (Å²) >= 11 is 0. The van der Waals surface area contributed by atoms with E-state index in [2.05, 4.69) is 44.5 Å². The first-order chi connectivity index (χ1) is 8.27. The van der Waals surface area contributed by atoms with Crippen LogP contribution in [0.3, 0.4) is 0 Å². The topological polar surface area (TPSA) is 40.2 Å². The Morgan fingerprint density at radius 1 is 1.50 bits per heavy atom. The Bertz CT molecular complexity index is 432. The molecule has 1 unspecified atom stereocenters. The molecule has 2 N–H and O–H groups in total. The van der Waals surface area contributed by atoms with Gasteiger partial charge in [0.1, 0.15) is 0 Å². The summed E-state index contributed by atoms with van der Waals surface area (Å²) in [6, 6.07) is 2.36. The van der Waals surface area contributed by atoms with Crippen LogP contribution in [0.5, 0.6) is 0 Å². The molecule has 0 spiro atoms. The van der Waals surface area contributed by atoms with E-state index in [1.165, 1.54) is 11.3 Å². The van der Waals surface area contributed by atoms with Crippen molar-refractivity contribution in [3.63, 3.8) is 0 Å². The van der Waals surface area contributed by atoms with Gasteiger partial charge in [0.15, 0.2) is 0 Å². The SMILES string of the molecule is COCC(C)(C)n1ccc2c1CC(C)(C)CC2N. The van der Waals surface area contributed by atoms with Crippen LogP contribution >= 0.6 is 0 Å². The van der Waals surface area contributed by atoms with Crippen LogP contribution in [-0.2, 0) is 16.7 Å². The zero-order chi connectivity index (χ0) is 13.6. The van der Waals surface area contributed by atoms with Crippen LogP contribution in [0.4, 0.5) is 0 Å². The number of hydrogen-bond donors (Lipinski definition) is 1. The standard InChI is InChI=1S/C15H26N2O/c1-14(2)8-12(16)11-6-7-17(13(11)9-14)15(3,4)10-18-5/h6-7,12H,8-10,16H2,1-5H3. The number of ether oxygens (including phenoxy) is 1. The van der Waals surface area contributed by atoms with Gasteiger partial charge >= 0.3 is 0 Å². The van der Waals surface area contributed by atoms with E-state index in [1.807, 2.05) is 0 Å². The molecule has 2 rings (SSSR count). The maximum absolute atomic E-state index is 6.31. The van der Waals surface area contributed by atoms with E-state index in [9.17, 15) is 0 Å². The van der Waals surface area contributed by atoms with Crippen LogP contribution in [0, 0.1) is 5.41 Å². The Balaban J connectivity index is 2.42. The lowest BCUT2D eigenvalue weighted by Gasteiger charge is -2.37. The summed E-state index contributed by atoms with van der Waals surface area (Å²) in [5.41, 5.74) is 9.28. The fourth-order valence-electron chi connectivity index (χ4n) is 3.23. The number of nitrogens with zero attached hydrogens (tertiary/aromatic N) is 1. The Morgan fingerprint density at radius 2 is 2.17 bits per heavy atom. The number of nitrogens with two attached hydrogens (primary N) is 1. The summed E-state index contributed by atoms with van der Waals surface area (Å²) in [6.45, 7) is 9.74. The fraction of sp³-hybridized carbons (Fsp3) is 0.733. The van der Waals surface area contributed by atoms with Crippen LogP contribution in [0.15, 0.2) is 12.3 Å². The van der Waals surface area contributed by atoms with E-state index in [0.717, 1.165) is 12.8 Å². The second kappa shape index (κ2) is 4.39. The predicted molar refractivity (Wildman–Crippen MR) is 74.7 cm³/mol. The Morgan fingerprint density at radius 3 is 2.78 bits per heavy atom. The summed E-state index contributed by atoms with van der Waals surface area (Å²) in [7, 11) is 1.76. The highest BCUT2D eigenvalue weighted by atomic mass is 16.5. The molecule has 18 heavy (non-hydrogen) atoms. The lowest BCUT2D eigenvalue weighted by atomic mass is 9.74. The molecule has 3 nitrogen and oxygen atoms in total. The molecule has 0 aliphatic heterocycles. The Kier molecular flexibility index (Phi) is 3.32. The molecule has 1 aliphatic carbocycles.